The summed E-state index contributed by atoms with van der Waals surface area (Å²) in [6.45, 7) is 16.3. The molecule has 9 heteroatoms. The smallest absolute Gasteiger partial charge is 0.202 e. The molecule has 0 bridgehead atoms. The van der Waals surface area contributed by atoms with E-state index in [2.05, 4.69) is 40.7 Å². The molecule has 2 aliphatic heterocycles. The maximum Gasteiger partial charge on any atom is 0.202 e. The predicted octanol–water partition coefficient (Wildman–Crippen LogP) is 3.46. The minimum atomic E-state index is -1.36. The lowest BCUT2D eigenvalue weighted by Crippen LogP contribution is -2.65. The van der Waals surface area contributed by atoms with Crippen LogP contribution in [0.5, 0.6) is 0 Å². The highest BCUT2D eigenvalue weighted by atomic mass is 16.7. The van der Waals surface area contributed by atoms with Crippen LogP contribution in [0, 0.1) is 45.3 Å². The maximum absolute atomic E-state index is 14.7. The summed E-state index contributed by atoms with van der Waals surface area (Å²) >= 11 is 0. The van der Waals surface area contributed by atoms with E-state index >= 15 is 0 Å². The van der Waals surface area contributed by atoms with E-state index in [1.54, 1.807) is 13.0 Å². The highest BCUT2D eigenvalue weighted by Crippen LogP contribution is 2.74. The second-order valence-corrected chi connectivity index (χ2v) is 16.4. The summed E-state index contributed by atoms with van der Waals surface area (Å²) in [6.07, 6.45) is 0.633. The molecule has 0 spiro atoms. The van der Waals surface area contributed by atoms with Crippen LogP contribution < -0.4 is 0 Å². The van der Waals surface area contributed by atoms with Crippen molar-refractivity contribution in [3.63, 3.8) is 0 Å². The van der Waals surface area contributed by atoms with Crippen LogP contribution in [0.15, 0.2) is 23.5 Å². The van der Waals surface area contributed by atoms with Gasteiger partial charge in [-0.1, -0.05) is 60.1 Å². The van der Waals surface area contributed by atoms with Crippen LogP contribution >= 0.6 is 0 Å². The average molecular weight is 617 g/mol. The van der Waals surface area contributed by atoms with E-state index in [0.717, 1.165) is 0 Å². The van der Waals surface area contributed by atoms with Crippen molar-refractivity contribution in [2.75, 3.05) is 6.61 Å². The Bertz CT molecular complexity index is 1290. The zero-order chi connectivity index (χ0) is 32.4. The van der Waals surface area contributed by atoms with Gasteiger partial charge in [0.15, 0.2) is 11.9 Å². The van der Waals surface area contributed by atoms with Gasteiger partial charge >= 0.3 is 0 Å². The van der Waals surface area contributed by atoms with Gasteiger partial charge in [0.25, 0.3) is 0 Å². The van der Waals surface area contributed by atoms with E-state index in [9.17, 15) is 30.0 Å². The number of hydrogen-bond acceptors (Lipinski definition) is 9. The average Bonchev–Trinajstić information content (AvgIpc) is 3.34. The number of allylic oxidation sites excluding steroid dienone is 2. The third-order valence-corrected chi connectivity index (χ3v) is 13.6. The van der Waals surface area contributed by atoms with E-state index in [1.165, 1.54) is 5.57 Å². The number of ether oxygens (including phenoxy) is 3. The molecule has 0 aromatic carbocycles. The van der Waals surface area contributed by atoms with E-state index < -0.39 is 63.9 Å². The lowest BCUT2D eigenvalue weighted by molar-refractivity contribution is -0.293. The summed E-state index contributed by atoms with van der Waals surface area (Å²) in [5, 5.41) is 42.4. The Labute approximate surface area is 261 Å². The van der Waals surface area contributed by atoms with Crippen molar-refractivity contribution < 1.29 is 44.2 Å². The topological polar surface area (TPSA) is 143 Å². The molecule has 0 amide bonds. The quantitative estimate of drug-likeness (QED) is 0.349. The van der Waals surface area contributed by atoms with Gasteiger partial charge in [0.1, 0.15) is 29.9 Å². The largest absolute Gasteiger partial charge is 0.483 e. The van der Waals surface area contributed by atoms with Gasteiger partial charge in [-0.2, -0.15) is 0 Å². The zero-order valence-electron chi connectivity index (χ0n) is 27.5. The Morgan fingerprint density at radius 1 is 0.932 bits per heavy atom. The predicted molar refractivity (Wildman–Crippen MR) is 161 cm³/mol. The van der Waals surface area contributed by atoms with Crippen LogP contribution in [0.3, 0.4) is 0 Å². The van der Waals surface area contributed by atoms with E-state index in [4.69, 9.17) is 14.2 Å². The number of Topliss-reactive ketones (excluding diaryl/α,β-unsaturated/α-hetero) is 1. The van der Waals surface area contributed by atoms with Crippen LogP contribution in [0.2, 0.25) is 0 Å². The molecule has 0 aromatic rings. The molecule has 246 valence electrons. The van der Waals surface area contributed by atoms with Crippen molar-refractivity contribution in [2.24, 2.45) is 45.3 Å². The number of aliphatic hydroxyl groups is 4. The second-order valence-electron chi connectivity index (χ2n) is 16.4. The third-order valence-electron chi connectivity index (χ3n) is 13.6. The number of carbonyl (C=O) groups excluding carboxylic acids is 2. The first-order valence-electron chi connectivity index (χ1n) is 16.5. The van der Waals surface area contributed by atoms with Crippen molar-refractivity contribution in [1.29, 1.82) is 0 Å². The number of rotatable bonds is 4. The zero-order valence-corrected chi connectivity index (χ0v) is 27.5. The summed E-state index contributed by atoms with van der Waals surface area (Å²) in [5.74, 6) is 0.176. The van der Waals surface area contributed by atoms with E-state index in [0.29, 0.717) is 31.4 Å². The highest BCUT2D eigenvalue weighted by molar-refractivity contribution is 6.00. The van der Waals surface area contributed by atoms with Gasteiger partial charge < -0.3 is 34.6 Å². The first kappa shape index (κ1) is 32.3. The van der Waals surface area contributed by atoms with Crippen LogP contribution in [0.25, 0.3) is 0 Å². The molecule has 0 aromatic heterocycles. The molecule has 0 unspecified atom stereocenters. The first-order valence-corrected chi connectivity index (χ1v) is 16.5. The molecule has 13 atom stereocenters. The Morgan fingerprint density at radius 2 is 1.61 bits per heavy atom. The molecule has 6 aliphatic rings. The van der Waals surface area contributed by atoms with Gasteiger partial charge in [0, 0.05) is 35.2 Å². The van der Waals surface area contributed by atoms with Crippen molar-refractivity contribution in [2.45, 2.75) is 130 Å². The van der Waals surface area contributed by atoms with E-state index in [-0.39, 0.29) is 48.5 Å². The van der Waals surface area contributed by atoms with Crippen LogP contribution in [0.1, 0.15) is 87.5 Å². The van der Waals surface area contributed by atoms with Gasteiger partial charge in [0.05, 0.1) is 18.8 Å². The van der Waals surface area contributed by atoms with Crippen molar-refractivity contribution in [3.8, 4) is 0 Å². The van der Waals surface area contributed by atoms with Crippen molar-refractivity contribution in [3.05, 3.63) is 23.5 Å². The first-order chi connectivity index (χ1) is 20.3. The molecule has 2 heterocycles. The molecule has 4 aliphatic carbocycles. The lowest BCUT2D eigenvalue weighted by atomic mass is 9.38. The van der Waals surface area contributed by atoms with Gasteiger partial charge in [-0.25, -0.2) is 0 Å². The monoisotopic (exact) mass is 616 g/mol. The normalized spacial score (nSPS) is 51.7. The Hall–Kier alpha value is -1.62. The minimum absolute atomic E-state index is 0.0139. The summed E-state index contributed by atoms with van der Waals surface area (Å²) in [4.78, 5) is 28.2. The van der Waals surface area contributed by atoms with Gasteiger partial charge in [-0.05, 0) is 55.3 Å². The molecule has 4 fully saturated rings. The summed E-state index contributed by atoms with van der Waals surface area (Å²) < 4.78 is 18.3. The third kappa shape index (κ3) is 4.11. The number of ketones is 2. The number of aliphatic hydroxyl groups excluding tert-OH is 4. The second kappa shape index (κ2) is 10.2. The van der Waals surface area contributed by atoms with Crippen molar-refractivity contribution in [1.82, 2.24) is 0 Å². The van der Waals surface area contributed by atoms with Crippen molar-refractivity contribution >= 4 is 11.6 Å². The summed E-state index contributed by atoms with van der Waals surface area (Å²) in [6, 6.07) is 0. The van der Waals surface area contributed by atoms with E-state index in [1.807, 2.05) is 13.8 Å². The molecule has 3 saturated carbocycles. The molecule has 9 nitrogen and oxygen atoms in total. The maximum atomic E-state index is 14.7. The van der Waals surface area contributed by atoms with Gasteiger partial charge in [-0.3, -0.25) is 9.59 Å². The summed E-state index contributed by atoms with van der Waals surface area (Å²) in [5.41, 5.74) is -2.23. The fraction of sp³-hybridized carbons (Fsp3) is 0.829. The molecule has 0 radical (unpaired) electrons. The molecule has 4 N–H and O–H groups in total. The SMILES string of the molecule is CC(C)C1=CC(=O)[C@@](C)([C@H]2[C@H](O)C[C@@]3(C)[C@@H]4CC=C5[C@@H](CC[C@@H](O[C@@H]6OC[C@@H](O)[C@H](O)[C@H]6O)C5(C)C)[C@]4(C)C(=O)C[C@]23C)O1. The molecular formula is C35H52O9. The Balaban J connectivity index is 1.31. The Kier molecular flexibility index (Phi) is 7.48. The fourth-order valence-electron chi connectivity index (χ4n) is 10.9. The van der Waals surface area contributed by atoms with Gasteiger partial charge in [0.2, 0.25) is 5.78 Å². The molecule has 1 saturated heterocycles. The lowest BCUT2D eigenvalue weighted by Gasteiger charge is -2.65. The van der Waals surface area contributed by atoms with Gasteiger partial charge in [-0.15, -0.1) is 0 Å². The number of fused-ring (bicyclic) bond motifs is 5. The van der Waals surface area contributed by atoms with Crippen LogP contribution in [0.4, 0.5) is 0 Å². The van der Waals surface area contributed by atoms with Crippen LogP contribution in [-0.2, 0) is 23.8 Å². The fourth-order valence-corrected chi connectivity index (χ4v) is 10.9. The van der Waals surface area contributed by atoms with Crippen LogP contribution in [-0.4, -0.2) is 81.0 Å². The summed E-state index contributed by atoms with van der Waals surface area (Å²) in [7, 11) is 0. The molecule has 44 heavy (non-hydrogen) atoms. The molecular weight excluding hydrogens is 564 g/mol. The number of carbonyl (C=O) groups is 2. The Morgan fingerprint density at radius 3 is 2.25 bits per heavy atom. The molecule has 6 rings (SSSR count). The highest BCUT2D eigenvalue weighted by Gasteiger charge is 2.75. The minimum Gasteiger partial charge on any atom is -0.483 e. The number of hydrogen-bond donors (Lipinski definition) is 4. The standard InChI is InChI=1S/C35H52O9/c1-17(2)22-13-24(38)35(8,44-22)29-20(36)14-32(5)23-11-9-18-19(34(23,7)25(39)15-33(29,32)6)10-12-26(31(18,3)4)43-30-28(41)27(40)21(37)16-42-30/h9,13,17,19-21,23,26-30,36-37,40-41H,10-12,14-16H2,1-8H3/t19-,20-,21-,23+,26-,27+,28-,29+,30+,32+,33-,34+,35+/m1/s1.